The van der Waals surface area contributed by atoms with Gasteiger partial charge >= 0.3 is 0 Å². The molecule has 1 aliphatic rings. The topological polar surface area (TPSA) is 12.0 Å². The molecule has 1 aliphatic carbocycles. The monoisotopic (exact) mass is 397 g/mol. The fraction of sp³-hybridized carbons (Fsp3) is 0.250. The molecule has 2 aromatic rings. The zero-order valence-corrected chi connectivity index (χ0v) is 13.9. The van der Waals surface area contributed by atoms with E-state index in [4.69, 9.17) is 0 Å². The Hall–Kier alpha value is -0.870. The molecule has 3 rings (SSSR count). The maximum atomic E-state index is 13.1. The van der Waals surface area contributed by atoms with E-state index in [1.807, 2.05) is 30.3 Å². The summed E-state index contributed by atoms with van der Waals surface area (Å²) in [6.45, 7) is 0. The lowest BCUT2D eigenvalue weighted by atomic mass is 10.0. The van der Waals surface area contributed by atoms with E-state index in [-0.39, 0.29) is 11.9 Å². The molecule has 0 bridgehead atoms. The maximum absolute atomic E-state index is 13.1. The lowest BCUT2D eigenvalue weighted by Crippen LogP contribution is -2.13. The molecule has 0 aromatic heterocycles. The van der Waals surface area contributed by atoms with Crippen molar-refractivity contribution >= 4 is 37.5 Å². The molecule has 0 spiro atoms. The summed E-state index contributed by atoms with van der Waals surface area (Å²) >= 11 is 7.15. The molecular formula is C16H14Br2FN. The van der Waals surface area contributed by atoms with E-state index in [0.717, 1.165) is 20.2 Å². The van der Waals surface area contributed by atoms with Crippen LogP contribution in [-0.2, 0) is 0 Å². The summed E-state index contributed by atoms with van der Waals surface area (Å²) in [5, 5.41) is 3.60. The van der Waals surface area contributed by atoms with Gasteiger partial charge in [0.25, 0.3) is 0 Å². The summed E-state index contributed by atoms with van der Waals surface area (Å²) in [5.41, 5.74) is 2.19. The number of hydrogen-bond donors (Lipinski definition) is 1. The van der Waals surface area contributed by atoms with Gasteiger partial charge in [-0.1, -0.05) is 18.2 Å². The first-order valence-corrected chi connectivity index (χ1v) is 8.20. The smallest absolute Gasteiger partial charge is 0.123 e. The summed E-state index contributed by atoms with van der Waals surface area (Å²) in [4.78, 5) is 0. The third-order valence-corrected chi connectivity index (χ3v) is 4.91. The van der Waals surface area contributed by atoms with Gasteiger partial charge in [-0.3, -0.25) is 0 Å². The molecular weight excluding hydrogens is 385 g/mol. The van der Waals surface area contributed by atoms with E-state index in [0.29, 0.717) is 5.92 Å². The van der Waals surface area contributed by atoms with Gasteiger partial charge in [-0.2, -0.15) is 0 Å². The quantitative estimate of drug-likeness (QED) is 0.674. The van der Waals surface area contributed by atoms with Crippen molar-refractivity contribution in [1.82, 2.24) is 0 Å². The number of rotatable bonds is 4. The van der Waals surface area contributed by atoms with Crippen molar-refractivity contribution < 1.29 is 4.39 Å². The third-order valence-electron chi connectivity index (χ3n) is 3.59. The standard InChI is InChI=1S/C16H14Br2FN/c17-13-2-1-3-14(18)16(13)20-15(10-4-5-10)11-6-8-12(19)9-7-11/h1-3,6-10,15,20H,4-5H2. The van der Waals surface area contributed by atoms with Gasteiger partial charge in [0.15, 0.2) is 0 Å². The predicted octanol–water partition coefficient (Wildman–Crippen LogP) is 5.91. The molecule has 4 heteroatoms. The molecule has 1 unspecified atom stereocenters. The summed E-state index contributed by atoms with van der Waals surface area (Å²) in [6, 6.07) is 13.0. The molecule has 0 heterocycles. The highest BCUT2D eigenvalue weighted by molar-refractivity contribution is 9.11. The highest BCUT2D eigenvalue weighted by Crippen LogP contribution is 2.44. The second kappa shape index (κ2) is 5.86. The van der Waals surface area contributed by atoms with Crippen LogP contribution in [0.15, 0.2) is 51.4 Å². The van der Waals surface area contributed by atoms with Crippen molar-refractivity contribution in [2.45, 2.75) is 18.9 Å². The fourth-order valence-corrected chi connectivity index (χ4v) is 3.59. The predicted molar refractivity (Wildman–Crippen MR) is 87.3 cm³/mol. The second-order valence-electron chi connectivity index (χ2n) is 5.11. The molecule has 1 saturated carbocycles. The van der Waals surface area contributed by atoms with Crippen LogP contribution in [0.5, 0.6) is 0 Å². The van der Waals surface area contributed by atoms with Crippen molar-refractivity contribution in [1.29, 1.82) is 0 Å². The first-order valence-electron chi connectivity index (χ1n) is 6.61. The van der Waals surface area contributed by atoms with Crippen LogP contribution in [0.4, 0.5) is 10.1 Å². The summed E-state index contributed by atoms with van der Waals surface area (Å²) in [7, 11) is 0. The largest absolute Gasteiger partial charge is 0.376 e. The Kier molecular flexibility index (Phi) is 4.13. The van der Waals surface area contributed by atoms with Crippen molar-refractivity contribution in [3.63, 3.8) is 0 Å². The number of para-hydroxylation sites is 1. The molecule has 0 radical (unpaired) electrons. The molecule has 1 nitrogen and oxygen atoms in total. The van der Waals surface area contributed by atoms with E-state index in [1.54, 1.807) is 0 Å². The van der Waals surface area contributed by atoms with Crippen LogP contribution in [-0.4, -0.2) is 0 Å². The molecule has 0 aliphatic heterocycles. The number of halogens is 3. The Labute approximate surface area is 134 Å². The lowest BCUT2D eigenvalue weighted by molar-refractivity contribution is 0.622. The van der Waals surface area contributed by atoms with Gasteiger partial charge in [-0.15, -0.1) is 0 Å². The van der Waals surface area contributed by atoms with E-state index < -0.39 is 0 Å². The molecule has 1 atom stereocenters. The number of benzene rings is 2. The van der Waals surface area contributed by atoms with E-state index in [1.165, 1.54) is 25.0 Å². The first-order chi connectivity index (χ1) is 9.65. The second-order valence-corrected chi connectivity index (χ2v) is 6.82. The van der Waals surface area contributed by atoms with Gasteiger partial charge in [0, 0.05) is 8.95 Å². The van der Waals surface area contributed by atoms with Gasteiger partial charge in [0.1, 0.15) is 5.82 Å². The van der Waals surface area contributed by atoms with Crippen LogP contribution in [0.1, 0.15) is 24.4 Å². The minimum Gasteiger partial charge on any atom is -0.376 e. The Morgan fingerprint density at radius 3 is 2.15 bits per heavy atom. The van der Waals surface area contributed by atoms with E-state index in [9.17, 15) is 4.39 Å². The molecule has 1 N–H and O–H groups in total. The van der Waals surface area contributed by atoms with Crippen LogP contribution in [0.3, 0.4) is 0 Å². The average Bonchev–Trinajstić information content (AvgIpc) is 3.24. The summed E-state index contributed by atoms with van der Waals surface area (Å²) in [6.07, 6.45) is 2.44. The maximum Gasteiger partial charge on any atom is 0.123 e. The van der Waals surface area contributed by atoms with Crippen molar-refractivity contribution in [2.24, 2.45) is 5.92 Å². The summed E-state index contributed by atoms with van der Waals surface area (Å²) < 4.78 is 15.1. The third kappa shape index (κ3) is 3.07. The van der Waals surface area contributed by atoms with Gasteiger partial charge in [0.2, 0.25) is 0 Å². The van der Waals surface area contributed by atoms with Crippen LogP contribution < -0.4 is 5.32 Å². The highest BCUT2D eigenvalue weighted by atomic mass is 79.9. The zero-order chi connectivity index (χ0) is 14.1. The number of nitrogens with one attached hydrogen (secondary N) is 1. The van der Waals surface area contributed by atoms with Gasteiger partial charge in [-0.25, -0.2) is 4.39 Å². The Morgan fingerprint density at radius 2 is 1.60 bits per heavy atom. The van der Waals surface area contributed by atoms with Crippen molar-refractivity contribution in [3.05, 3.63) is 62.8 Å². The van der Waals surface area contributed by atoms with E-state index in [2.05, 4.69) is 37.2 Å². The fourth-order valence-electron chi connectivity index (χ4n) is 2.36. The number of anilines is 1. The number of hydrogen-bond acceptors (Lipinski definition) is 1. The van der Waals surface area contributed by atoms with Crippen LogP contribution in [0, 0.1) is 11.7 Å². The Morgan fingerprint density at radius 1 is 1.00 bits per heavy atom. The van der Waals surface area contributed by atoms with Gasteiger partial charge in [0.05, 0.1) is 11.7 Å². The SMILES string of the molecule is Fc1ccc(C(Nc2c(Br)cccc2Br)C2CC2)cc1. The highest BCUT2D eigenvalue weighted by Gasteiger charge is 2.32. The van der Waals surface area contributed by atoms with Crippen LogP contribution >= 0.6 is 31.9 Å². The first kappa shape index (κ1) is 14.1. The van der Waals surface area contributed by atoms with E-state index >= 15 is 0 Å². The molecule has 1 fully saturated rings. The van der Waals surface area contributed by atoms with Crippen molar-refractivity contribution in [3.8, 4) is 0 Å². The molecule has 0 amide bonds. The minimum absolute atomic E-state index is 0.189. The Balaban J connectivity index is 1.90. The molecule has 0 saturated heterocycles. The zero-order valence-electron chi connectivity index (χ0n) is 10.7. The van der Waals surface area contributed by atoms with Crippen molar-refractivity contribution in [2.75, 3.05) is 5.32 Å². The van der Waals surface area contributed by atoms with Crippen LogP contribution in [0.25, 0.3) is 0 Å². The Bertz CT molecular complexity index is 588. The lowest BCUT2D eigenvalue weighted by Gasteiger charge is -2.22. The van der Waals surface area contributed by atoms with Gasteiger partial charge < -0.3 is 5.32 Å². The normalized spacial score (nSPS) is 15.9. The molecule has 104 valence electrons. The minimum atomic E-state index is -0.189. The van der Waals surface area contributed by atoms with Gasteiger partial charge in [-0.05, 0) is 80.4 Å². The molecule has 2 aromatic carbocycles. The molecule has 20 heavy (non-hydrogen) atoms. The summed E-state index contributed by atoms with van der Waals surface area (Å²) in [5.74, 6) is 0.435. The average molecular weight is 399 g/mol. The van der Waals surface area contributed by atoms with Crippen LogP contribution in [0.2, 0.25) is 0 Å².